The van der Waals surface area contributed by atoms with Crippen molar-refractivity contribution in [3.63, 3.8) is 0 Å². The van der Waals surface area contributed by atoms with Crippen molar-refractivity contribution in [1.29, 1.82) is 0 Å². The van der Waals surface area contributed by atoms with Crippen molar-refractivity contribution >= 4 is 21.4 Å². The molecule has 5 heteroatoms. The summed E-state index contributed by atoms with van der Waals surface area (Å²) in [5.41, 5.74) is -0.441. The molecule has 0 amide bonds. The van der Waals surface area contributed by atoms with E-state index in [9.17, 15) is 13.5 Å². The van der Waals surface area contributed by atoms with Gasteiger partial charge >= 0.3 is 0 Å². The van der Waals surface area contributed by atoms with E-state index in [0.717, 1.165) is 0 Å². The lowest BCUT2D eigenvalue weighted by Gasteiger charge is -2.25. The largest absolute Gasteiger partial charge is 0.390 e. The van der Waals surface area contributed by atoms with Crippen LogP contribution in [0.15, 0.2) is 23.1 Å². The molecule has 0 bridgehead atoms. The van der Waals surface area contributed by atoms with Crippen LogP contribution in [0.5, 0.6) is 0 Å². The molecule has 0 saturated heterocycles. The second kappa shape index (κ2) is 3.45. The average molecular weight is 261 g/mol. The number of hydrogen-bond donors (Lipinski definition) is 1. The summed E-state index contributed by atoms with van der Waals surface area (Å²) >= 11 is 5.86. The molecule has 1 unspecified atom stereocenters. The molecule has 1 aliphatic heterocycles. The van der Waals surface area contributed by atoms with E-state index in [-0.39, 0.29) is 5.75 Å². The van der Waals surface area contributed by atoms with Crippen molar-refractivity contribution < 1.29 is 13.5 Å². The van der Waals surface area contributed by atoms with Crippen LogP contribution in [0.3, 0.4) is 0 Å². The molecule has 88 valence electrons. The maximum atomic E-state index is 11.9. The van der Waals surface area contributed by atoms with Gasteiger partial charge in [-0.3, -0.25) is 0 Å². The van der Waals surface area contributed by atoms with Crippen molar-refractivity contribution in [3.05, 3.63) is 28.8 Å². The Morgan fingerprint density at radius 1 is 1.44 bits per heavy atom. The third-order valence-corrected chi connectivity index (χ3v) is 4.97. The topological polar surface area (TPSA) is 54.4 Å². The molecule has 0 fully saturated rings. The summed E-state index contributed by atoms with van der Waals surface area (Å²) in [7, 11) is -3.27. The SMILES string of the molecule is CC(C)(O)C1CS(=O)(=O)c2ccc(Cl)cc21. The van der Waals surface area contributed by atoms with Crippen LogP contribution in [-0.4, -0.2) is 24.9 Å². The molecular weight excluding hydrogens is 248 g/mol. The lowest BCUT2D eigenvalue weighted by atomic mass is 9.86. The molecule has 1 aliphatic rings. The quantitative estimate of drug-likeness (QED) is 0.840. The zero-order valence-electron chi connectivity index (χ0n) is 9.07. The van der Waals surface area contributed by atoms with E-state index < -0.39 is 21.4 Å². The minimum absolute atomic E-state index is 0.0494. The molecule has 0 aromatic heterocycles. The summed E-state index contributed by atoms with van der Waals surface area (Å²) in [5, 5.41) is 10.5. The number of halogens is 1. The van der Waals surface area contributed by atoms with Crippen LogP contribution < -0.4 is 0 Å². The van der Waals surface area contributed by atoms with Crippen LogP contribution in [-0.2, 0) is 9.84 Å². The first-order valence-corrected chi connectivity index (χ1v) is 6.99. The van der Waals surface area contributed by atoms with Gasteiger partial charge in [0.15, 0.2) is 9.84 Å². The van der Waals surface area contributed by atoms with Crippen LogP contribution in [0.4, 0.5) is 0 Å². The van der Waals surface area contributed by atoms with E-state index in [1.807, 2.05) is 0 Å². The monoisotopic (exact) mass is 260 g/mol. The maximum absolute atomic E-state index is 11.9. The molecule has 1 atom stereocenters. The smallest absolute Gasteiger partial charge is 0.179 e. The molecule has 2 rings (SSSR count). The molecule has 1 N–H and O–H groups in total. The Hall–Kier alpha value is -0.580. The predicted molar refractivity (Wildman–Crippen MR) is 62.5 cm³/mol. The van der Waals surface area contributed by atoms with E-state index in [4.69, 9.17) is 11.6 Å². The Labute approximate surface area is 100.0 Å². The first-order valence-electron chi connectivity index (χ1n) is 4.96. The number of benzene rings is 1. The standard InChI is InChI=1S/C11H13ClO3S/c1-11(2,13)9-6-16(14,15)10-4-3-7(12)5-8(9)10/h3-5,9,13H,6H2,1-2H3. The zero-order valence-corrected chi connectivity index (χ0v) is 10.6. The fourth-order valence-corrected chi connectivity index (χ4v) is 4.28. The zero-order chi connectivity index (χ0) is 12.1. The van der Waals surface area contributed by atoms with Crippen molar-refractivity contribution in [2.24, 2.45) is 0 Å². The van der Waals surface area contributed by atoms with Gasteiger partial charge in [0.2, 0.25) is 0 Å². The summed E-state index contributed by atoms with van der Waals surface area (Å²) in [6, 6.07) is 4.70. The number of fused-ring (bicyclic) bond motifs is 1. The highest BCUT2D eigenvalue weighted by atomic mass is 35.5. The van der Waals surface area contributed by atoms with Crippen LogP contribution in [0, 0.1) is 0 Å². The first kappa shape index (κ1) is 11.9. The summed E-state index contributed by atoms with van der Waals surface area (Å²) < 4.78 is 23.7. The van der Waals surface area contributed by atoms with Gasteiger partial charge in [-0.15, -0.1) is 0 Å². The number of hydrogen-bond acceptors (Lipinski definition) is 3. The van der Waals surface area contributed by atoms with Crippen molar-refractivity contribution in [3.8, 4) is 0 Å². The van der Waals surface area contributed by atoms with Crippen molar-refractivity contribution in [2.75, 3.05) is 5.75 Å². The van der Waals surface area contributed by atoms with Gasteiger partial charge < -0.3 is 5.11 Å². The lowest BCUT2D eigenvalue weighted by molar-refractivity contribution is 0.0575. The van der Waals surface area contributed by atoms with Crippen LogP contribution in [0.25, 0.3) is 0 Å². The van der Waals surface area contributed by atoms with Gasteiger partial charge in [0.05, 0.1) is 16.2 Å². The van der Waals surface area contributed by atoms with Gasteiger partial charge in [0.1, 0.15) is 0 Å². The Balaban J connectivity index is 2.66. The average Bonchev–Trinajstić information content (AvgIpc) is 2.37. The highest BCUT2D eigenvalue weighted by Crippen LogP contribution is 2.41. The summed E-state index contributed by atoms with van der Waals surface area (Å²) in [6.45, 7) is 3.23. The third-order valence-electron chi connectivity index (χ3n) is 2.92. The molecule has 0 spiro atoms. The van der Waals surface area contributed by atoms with Crippen molar-refractivity contribution in [2.45, 2.75) is 30.3 Å². The molecule has 0 aliphatic carbocycles. The second-order valence-electron chi connectivity index (χ2n) is 4.67. The van der Waals surface area contributed by atoms with Crippen molar-refractivity contribution in [1.82, 2.24) is 0 Å². The van der Waals surface area contributed by atoms with Crippen LogP contribution in [0.2, 0.25) is 5.02 Å². The van der Waals surface area contributed by atoms with Crippen LogP contribution in [0.1, 0.15) is 25.3 Å². The normalized spacial score (nSPS) is 23.1. The Morgan fingerprint density at radius 3 is 2.62 bits per heavy atom. The predicted octanol–water partition coefficient (Wildman–Crippen LogP) is 1.98. The van der Waals surface area contributed by atoms with E-state index in [2.05, 4.69) is 0 Å². The second-order valence-corrected chi connectivity index (χ2v) is 7.11. The molecule has 1 aromatic rings. The minimum Gasteiger partial charge on any atom is -0.390 e. The Morgan fingerprint density at radius 2 is 2.06 bits per heavy atom. The van der Waals surface area contributed by atoms with Gasteiger partial charge in [-0.2, -0.15) is 0 Å². The first-order chi connectivity index (χ1) is 7.22. The number of rotatable bonds is 1. The number of sulfone groups is 1. The summed E-state index contributed by atoms with van der Waals surface area (Å²) in [6.07, 6.45) is 0. The van der Waals surface area contributed by atoms with Crippen LogP contribution >= 0.6 is 11.6 Å². The summed E-state index contributed by atoms with van der Waals surface area (Å²) in [4.78, 5) is 0.295. The molecule has 3 nitrogen and oxygen atoms in total. The molecule has 1 heterocycles. The number of aliphatic hydroxyl groups is 1. The van der Waals surface area contributed by atoms with Gasteiger partial charge in [-0.1, -0.05) is 11.6 Å². The van der Waals surface area contributed by atoms with Gasteiger partial charge in [-0.05, 0) is 37.6 Å². The fraction of sp³-hybridized carbons (Fsp3) is 0.455. The molecule has 0 saturated carbocycles. The molecular formula is C11H13ClO3S. The molecule has 0 radical (unpaired) electrons. The van der Waals surface area contributed by atoms with E-state index in [1.165, 1.54) is 6.07 Å². The highest BCUT2D eigenvalue weighted by molar-refractivity contribution is 7.91. The Bertz CT molecular complexity index is 529. The Kier molecular flexibility index (Phi) is 2.57. The van der Waals surface area contributed by atoms with Gasteiger partial charge in [0.25, 0.3) is 0 Å². The fourth-order valence-electron chi connectivity index (χ4n) is 2.06. The minimum atomic E-state index is -3.27. The molecule has 16 heavy (non-hydrogen) atoms. The van der Waals surface area contributed by atoms with E-state index in [0.29, 0.717) is 15.5 Å². The summed E-state index contributed by atoms with van der Waals surface area (Å²) in [5.74, 6) is -0.460. The lowest BCUT2D eigenvalue weighted by Crippen LogP contribution is -2.30. The molecule has 1 aromatic carbocycles. The third kappa shape index (κ3) is 1.85. The highest BCUT2D eigenvalue weighted by Gasteiger charge is 2.42. The van der Waals surface area contributed by atoms with Gasteiger partial charge in [-0.25, -0.2) is 8.42 Å². The van der Waals surface area contributed by atoms with E-state index >= 15 is 0 Å². The maximum Gasteiger partial charge on any atom is 0.179 e. The van der Waals surface area contributed by atoms with E-state index in [1.54, 1.807) is 26.0 Å². The van der Waals surface area contributed by atoms with Gasteiger partial charge in [0, 0.05) is 10.9 Å².